The first-order valence-electron chi connectivity index (χ1n) is 5.00. The second kappa shape index (κ2) is 3.65. The Morgan fingerprint density at radius 2 is 2.21 bits per heavy atom. The van der Waals surface area contributed by atoms with Crippen molar-refractivity contribution in [2.45, 2.75) is 44.4 Å². The average molecular weight is 198 g/mol. The molecule has 1 saturated carbocycles. The fraction of sp³-hybridized carbons (Fsp3) is 0.778. The van der Waals surface area contributed by atoms with Crippen LogP contribution in [0.2, 0.25) is 0 Å². The summed E-state index contributed by atoms with van der Waals surface area (Å²) in [6, 6.07) is 0. The van der Waals surface area contributed by atoms with Crippen molar-refractivity contribution in [1.29, 1.82) is 0 Å². The fourth-order valence-corrected chi connectivity index (χ4v) is 1.97. The van der Waals surface area contributed by atoms with Crippen molar-refractivity contribution in [3.8, 4) is 0 Å². The molecule has 4 nitrogen and oxygen atoms in total. The highest BCUT2D eigenvalue weighted by Gasteiger charge is 2.34. The van der Waals surface area contributed by atoms with Gasteiger partial charge in [0, 0.05) is 12.7 Å². The summed E-state index contributed by atoms with van der Waals surface area (Å²) in [6.45, 7) is 0.680. The molecule has 1 aromatic rings. The van der Waals surface area contributed by atoms with E-state index in [0.29, 0.717) is 31.6 Å². The van der Waals surface area contributed by atoms with Crippen LogP contribution in [0.4, 0.5) is 4.39 Å². The maximum atomic E-state index is 14.0. The Balaban J connectivity index is 2.02. The lowest BCUT2D eigenvalue weighted by Gasteiger charge is -2.17. The number of nitrogens with zero attached hydrogens (tertiary/aromatic N) is 3. The molecule has 1 aliphatic rings. The zero-order valence-electron chi connectivity index (χ0n) is 8.12. The summed E-state index contributed by atoms with van der Waals surface area (Å²) < 4.78 is 15.6. The molecular formula is C9H15FN4. The van der Waals surface area contributed by atoms with E-state index in [1.807, 2.05) is 0 Å². The van der Waals surface area contributed by atoms with E-state index in [2.05, 4.69) is 10.3 Å². The van der Waals surface area contributed by atoms with Crippen LogP contribution in [-0.4, -0.2) is 20.7 Å². The molecule has 2 rings (SSSR count). The number of aromatic nitrogens is 3. The summed E-state index contributed by atoms with van der Waals surface area (Å²) in [5, 5.41) is 7.67. The van der Waals surface area contributed by atoms with Gasteiger partial charge < -0.3 is 5.73 Å². The van der Waals surface area contributed by atoms with Crippen molar-refractivity contribution in [3.63, 3.8) is 0 Å². The molecule has 1 fully saturated rings. The quantitative estimate of drug-likeness (QED) is 0.788. The zero-order valence-corrected chi connectivity index (χ0v) is 8.12. The third-order valence-corrected chi connectivity index (χ3v) is 2.74. The fourth-order valence-electron chi connectivity index (χ4n) is 1.97. The number of hydrogen-bond acceptors (Lipinski definition) is 3. The van der Waals surface area contributed by atoms with Gasteiger partial charge in [0.25, 0.3) is 0 Å². The van der Waals surface area contributed by atoms with Gasteiger partial charge >= 0.3 is 0 Å². The van der Waals surface area contributed by atoms with Gasteiger partial charge in [-0.1, -0.05) is 18.1 Å². The Morgan fingerprint density at radius 1 is 1.50 bits per heavy atom. The molecule has 0 atom stereocenters. The monoisotopic (exact) mass is 198 g/mol. The van der Waals surface area contributed by atoms with Crippen LogP contribution in [0.5, 0.6) is 0 Å². The molecule has 1 aliphatic carbocycles. The van der Waals surface area contributed by atoms with E-state index in [1.54, 1.807) is 10.9 Å². The zero-order chi connectivity index (χ0) is 10.0. The Labute approximate surface area is 82.3 Å². The largest absolute Gasteiger partial charge is 0.325 e. The van der Waals surface area contributed by atoms with E-state index in [-0.39, 0.29) is 0 Å². The molecule has 0 aliphatic heterocycles. The lowest BCUT2D eigenvalue weighted by Crippen LogP contribution is -2.25. The lowest BCUT2D eigenvalue weighted by atomic mass is 10.1. The number of rotatable bonds is 3. The predicted molar refractivity (Wildman–Crippen MR) is 50.2 cm³/mol. The first-order valence-corrected chi connectivity index (χ1v) is 5.00. The van der Waals surface area contributed by atoms with Crippen LogP contribution in [0, 0.1) is 0 Å². The molecule has 0 saturated heterocycles. The Morgan fingerprint density at radius 3 is 2.79 bits per heavy atom. The molecule has 0 bridgehead atoms. The van der Waals surface area contributed by atoms with E-state index < -0.39 is 5.67 Å². The highest BCUT2D eigenvalue weighted by Crippen LogP contribution is 2.34. The first-order chi connectivity index (χ1) is 6.72. The number of hydrogen-bond donors (Lipinski definition) is 1. The molecule has 0 unspecified atom stereocenters. The molecule has 1 heterocycles. The average Bonchev–Trinajstić information content (AvgIpc) is 2.75. The summed E-state index contributed by atoms with van der Waals surface area (Å²) in [4.78, 5) is 0. The van der Waals surface area contributed by atoms with Crippen molar-refractivity contribution in [3.05, 3.63) is 11.9 Å². The predicted octanol–water partition coefficient (Wildman–Crippen LogP) is 1.02. The van der Waals surface area contributed by atoms with E-state index >= 15 is 0 Å². The number of alkyl halides is 1. The highest BCUT2D eigenvalue weighted by molar-refractivity contribution is 4.93. The third-order valence-electron chi connectivity index (χ3n) is 2.74. The van der Waals surface area contributed by atoms with Crippen LogP contribution in [0.25, 0.3) is 0 Å². The first kappa shape index (κ1) is 9.58. The smallest absolute Gasteiger partial charge is 0.130 e. The van der Waals surface area contributed by atoms with Gasteiger partial charge in [-0.2, -0.15) is 0 Å². The number of nitrogens with two attached hydrogens (primary N) is 1. The van der Waals surface area contributed by atoms with Crippen molar-refractivity contribution in [2.24, 2.45) is 5.73 Å². The normalized spacial score (nSPS) is 20.1. The Bertz CT molecular complexity index is 304. The van der Waals surface area contributed by atoms with Gasteiger partial charge in [0.15, 0.2) is 0 Å². The summed E-state index contributed by atoms with van der Waals surface area (Å²) in [5.74, 6) is 0. The van der Waals surface area contributed by atoms with Gasteiger partial charge in [0.2, 0.25) is 0 Å². The van der Waals surface area contributed by atoms with Crippen LogP contribution in [0.3, 0.4) is 0 Å². The summed E-state index contributed by atoms with van der Waals surface area (Å²) in [6.07, 6.45) is 4.97. The lowest BCUT2D eigenvalue weighted by molar-refractivity contribution is 0.138. The molecule has 14 heavy (non-hydrogen) atoms. The number of halogens is 1. The third kappa shape index (κ3) is 1.92. The molecule has 0 spiro atoms. The maximum absolute atomic E-state index is 14.0. The molecule has 0 radical (unpaired) electrons. The molecule has 0 aromatic carbocycles. The van der Waals surface area contributed by atoms with E-state index in [0.717, 1.165) is 12.8 Å². The second-order valence-electron chi connectivity index (χ2n) is 3.97. The van der Waals surface area contributed by atoms with Gasteiger partial charge in [-0.25, -0.2) is 9.07 Å². The summed E-state index contributed by atoms with van der Waals surface area (Å²) in [7, 11) is 0. The molecule has 2 N–H and O–H groups in total. The molecule has 5 heteroatoms. The van der Waals surface area contributed by atoms with Crippen LogP contribution in [-0.2, 0) is 13.1 Å². The van der Waals surface area contributed by atoms with Gasteiger partial charge in [-0.15, -0.1) is 5.10 Å². The molecule has 0 amide bonds. The van der Waals surface area contributed by atoms with E-state index in [4.69, 9.17) is 5.73 Å². The minimum absolute atomic E-state index is 0.319. The SMILES string of the molecule is NCc1cn(CC2(F)CCCC2)nn1. The van der Waals surface area contributed by atoms with E-state index in [1.165, 1.54) is 0 Å². The van der Waals surface area contributed by atoms with Gasteiger partial charge in [-0.05, 0) is 12.8 Å². The van der Waals surface area contributed by atoms with Crippen LogP contribution >= 0.6 is 0 Å². The standard InChI is InChI=1S/C9H15FN4/c10-9(3-1-2-4-9)7-14-6-8(5-11)12-13-14/h6H,1-5,7,11H2. The van der Waals surface area contributed by atoms with Crippen LogP contribution < -0.4 is 5.73 Å². The highest BCUT2D eigenvalue weighted by atomic mass is 19.1. The Hall–Kier alpha value is -0.970. The van der Waals surface area contributed by atoms with Gasteiger partial charge in [0.1, 0.15) is 5.67 Å². The minimum atomic E-state index is -1.07. The van der Waals surface area contributed by atoms with Gasteiger partial charge in [-0.3, -0.25) is 0 Å². The summed E-state index contributed by atoms with van der Waals surface area (Å²) in [5.41, 5.74) is 5.04. The Kier molecular flexibility index (Phi) is 2.50. The second-order valence-corrected chi connectivity index (χ2v) is 3.97. The van der Waals surface area contributed by atoms with Crippen molar-refractivity contribution >= 4 is 0 Å². The topological polar surface area (TPSA) is 56.7 Å². The maximum Gasteiger partial charge on any atom is 0.130 e. The van der Waals surface area contributed by atoms with E-state index in [9.17, 15) is 4.39 Å². The minimum Gasteiger partial charge on any atom is -0.325 e. The van der Waals surface area contributed by atoms with Crippen molar-refractivity contribution in [1.82, 2.24) is 15.0 Å². The molecule has 78 valence electrons. The molecular weight excluding hydrogens is 183 g/mol. The van der Waals surface area contributed by atoms with Crippen molar-refractivity contribution in [2.75, 3.05) is 0 Å². The molecule has 1 aromatic heterocycles. The van der Waals surface area contributed by atoms with Crippen LogP contribution in [0.1, 0.15) is 31.4 Å². The van der Waals surface area contributed by atoms with Crippen LogP contribution in [0.15, 0.2) is 6.20 Å². The summed E-state index contributed by atoms with van der Waals surface area (Å²) >= 11 is 0. The van der Waals surface area contributed by atoms with Crippen molar-refractivity contribution < 1.29 is 4.39 Å². The van der Waals surface area contributed by atoms with Gasteiger partial charge in [0.05, 0.1) is 12.2 Å².